The SMILES string of the molecule is NCCCCC(=O)NCc1ccc([N+](=O)[O-])cc1. The van der Waals surface area contributed by atoms with Crippen LogP contribution in [-0.2, 0) is 11.3 Å². The van der Waals surface area contributed by atoms with Gasteiger partial charge in [-0.1, -0.05) is 12.1 Å². The van der Waals surface area contributed by atoms with Gasteiger partial charge in [0.25, 0.3) is 5.69 Å². The van der Waals surface area contributed by atoms with Crippen molar-refractivity contribution in [3.8, 4) is 0 Å². The van der Waals surface area contributed by atoms with E-state index < -0.39 is 4.92 Å². The lowest BCUT2D eigenvalue weighted by molar-refractivity contribution is -0.384. The number of rotatable bonds is 7. The summed E-state index contributed by atoms with van der Waals surface area (Å²) in [5.41, 5.74) is 6.22. The average molecular weight is 251 g/mol. The van der Waals surface area contributed by atoms with Crippen LogP contribution in [0.25, 0.3) is 0 Å². The van der Waals surface area contributed by atoms with Crippen LogP contribution in [0.4, 0.5) is 5.69 Å². The van der Waals surface area contributed by atoms with E-state index in [4.69, 9.17) is 5.73 Å². The van der Waals surface area contributed by atoms with Gasteiger partial charge in [0, 0.05) is 25.1 Å². The minimum atomic E-state index is -0.449. The summed E-state index contributed by atoms with van der Waals surface area (Å²) in [7, 11) is 0. The maximum absolute atomic E-state index is 11.4. The Balaban J connectivity index is 2.34. The molecule has 0 aliphatic carbocycles. The molecule has 0 saturated carbocycles. The number of benzene rings is 1. The number of nitrogens with two attached hydrogens (primary N) is 1. The van der Waals surface area contributed by atoms with Crippen molar-refractivity contribution in [3.05, 3.63) is 39.9 Å². The fourth-order valence-electron chi connectivity index (χ4n) is 1.45. The molecule has 18 heavy (non-hydrogen) atoms. The average Bonchev–Trinajstić information content (AvgIpc) is 2.37. The standard InChI is InChI=1S/C12H17N3O3/c13-8-2-1-3-12(16)14-9-10-4-6-11(7-5-10)15(17)18/h4-7H,1-3,8-9,13H2,(H,14,16). The molecule has 6 nitrogen and oxygen atoms in total. The zero-order chi connectivity index (χ0) is 13.4. The Morgan fingerprint density at radius 3 is 2.50 bits per heavy atom. The molecule has 0 aliphatic heterocycles. The highest BCUT2D eigenvalue weighted by Gasteiger charge is 2.05. The van der Waals surface area contributed by atoms with Crippen LogP contribution in [0.2, 0.25) is 0 Å². The van der Waals surface area contributed by atoms with Crippen LogP contribution < -0.4 is 11.1 Å². The highest BCUT2D eigenvalue weighted by Crippen LogP contribution is 2.11. The third kappa shape index (κ3) is 4.92. The number of nitro groups is 1. The summed E-state index contributed by atoms with van der Waals surface area (Å²) in [5.74, 6) is -0.0261. The van der Waals surface area contributed by atoms with E-state index in [2.05, 4.69) is 5.32 Å². The number of non-ortho nitro benzene ring substituents is 1. The Kier molecular flexibility index (Phi) is 5.79. The molecular formula is C12H17N3O3. The molecule has 0 unspecified atom stereocenters. The molecule has 0 bridgehead atoms. The summed E-state index contributed by atoms with van der Waals surface area (Å²) >= 11 is 0. The summed E-state index contributed by atoms with van der Waals surface area (Å²) in [6.45, 7) is 0.981. The monoisotopic (exact) mass is 251 g/mol. The van der Waals surface area contributed by atoms with Crippen molar-refractivity contribution >= 4 is 11.6 Å². The van der Waals surface area contributed by atoms with Gasteiger partial charge in [0.05, 0.1) is 4.92 Å². The van der Waals surface area contributed by atoms with Gasteiger partial charge in [-0.05, 0) is 24.9 Å². The van der Waals surface area contributed by atoms with Crippen molar-refractivity contribution < 1.29 is 9.72 Å². The van der Waals surface area contributed by atoms with E-state index in [1.807, 2.05) is 0 Å². The summed E-state index contributed by atoms with van der Waals surface area (Å²) < 4.78 is 0. The lowest BCUT2D eigenvalue weighted by Crippen LogP contribution is -2.22. The lowest BCUT2D eigenvalue weighted by Gasteiger charge is -2.04. The molecule has 0 spiro atoms. The van der Waals surface area contributed by atoms with Gasteiger partial charge in [0.2, 0.25) is 5.91 Å². The number of hydrogen-bond acceptors (Lipinski definition) is 4. The van der Waals surface area contributed by atoms with Gasteiger partial charge in [-0.3, -0.25) is 14.9 Å². The summed E-state index contributed by atoms with van der Waals surface area (Å²) in [5, 5.41) is 13.2. The Labute approximate surface area is 105 Å². The van der Waals surface area contributed by atoms with Gasteiger partial charge in [-0.15, -0.1) is 0 Å². The first kappa shape index (κ1) is 14.1. The molecule has 1 rings (SSSR count). The zero-order valence-electron chi connectivity index (χ0n) is 10.1. The van der Waals surface area contributed by atoms with Crippen LogP contribution in [0.5, 0.6) is 0 Å². The molecule has 98 valence electrons. The normalized spacial score (nSPS) is 10.1. The number of nitrogens with zero attached hydrogens (tertiary/aromatic N) is 1. The molecule has 3 N–H and O–H groups in total. The van der Waals surface area contributed by atoms with Gasteiger partial charge >= 0.3 is 0 Å². The maximum Gasteiger partial charge on any atom is 0.269 e. The number of nitro benzene ring substituents is 1. The molecule has 0 saturated heterocycles. The maximum atomic E-state index is 11.4. The quantitative estimate of drug-likeness (QED) is 0.434. The first-order valence-corrected chi connectivity index (χ1v) is 5.83. The highest BCUT2D eigenvalue weighted by atomic mass is 16.6. The second-order valence-corrected chi connectivity index (χ2v) is 3.95. The van der Waals surface area contributed by atoms with Crippen molar-refractivity contribution in [3.63, 3.8) is 0 Å². The molecule has 0 heterocycles. The van der Waals surface area contributed by atoms with Crippen LogP contribution in [0.15, 0.2) is 24.3 Å². The van der Waals surface area contributed by atoms with E-state index >= 15 is 0 Å². The molecule has 1 amide bonds. The van der Waals surface area contributed by atoms with Gasteiger partial charge in [-0.2, -0.15) is 0 Å². The van der Waals surface area contributed by atoms with Crippen molar-refractivity contribution in [1.82, 2.24) is 5.32 Å². The van der Waals surface area contributed by atoms with Crippen molar-refractivity contribution in [2.45, 2.75) is 25.8 Å². The van der Waals surface area contributed by atoms with E-state index in [1.165, 1.54) is 12.1 Å². The third-order valence-corrected chi connectivity index (χ3v) is 2.49. The topological polar surface area (TPSA) is 98.3 Å². The number of hydrogen-bond donors (Lipinski definition) is 2. The van der Waals surface area contributed by atoms with E-state index in [-0.39, 0.29) is 11.6 Å². The van der Waals surface area contributed by atoms with E-state index in [0.29, 0.717) is 19.5 Å². The van der Waals surface area contributed by atoms with E-state index in [1.54, 1.807) is 12.1 Å². The van der Waals surface area contributed by atoms with Crippen LogP contribution in [0, 0.1) is 10.1 Å². The number of amides is 1. The van der Waals surface area contributed by atoms with Gasteiger partial charge < -0.3 is 11.1 Å². The second kappa shape index (κ2) is 7.39. The molecule has 0 atom stereocenters. The smallest absolute Gasteiger partial charge is 0.269 e. The lowest BCUT2D eigenvalue weighted by atomic mass is 10.2. The van der Waals surface area contributed by atoms with Crippen LogP contribution >= 0.6 is 0 Å². The van der Waals surface area contributed by atoms with Crippen molar-refractivity contribution in [1.29, 1.82) is 0 Å². The molecule has 0 aliphatic rings. The Morgan fingerprint density at radius 1 is 1.28 bits per heavy atom. The Hall–Kier alpha value is -1.95. The summed E-state index contributed by atoms with van der Waals surface area (Å²) in [6, 6.07) is 6.13. The molecule has 0 aromatic heterocycles. The fraction of sp³-hybridized carbons (Fsp3) is 0.417. The van der Waals surface area contributed by atoms with Gasteiger partial charge in [0.1, 0.15) is 0 Å². The Morgan fingerprint density at radius 2 is 1.94 bits per heavy atom. The molecule has 1 aromatic rings. The van der Waals surface area contributed by atoms with Crippen LogP contribution in [-0.4, -0.2) is 17.4 Å². The number of unbranched alkanes of at least 4 members (excludes halogenated alkanes) is 1. The van der Waals surface area contributed by atoms with Crippen molar-refractivity contribution in [2.75, 3.05) is 6.54 Å². The van der Waals surface area contributed by atoms with Crippen molar-refractivity contribution in [2.24, 2.45) is 5.73 Å². The molecule has 0 fully saturated rings. The largest absolute Gasteiger partial charge is 0.352 e. The Bertz CT molecular complexity index is 404. The first-order chi connectivity index (χ1) is 8.63. The van der Waals surface area contributed by atoms with E-state index in [0.717, 1.165) is 18.4 Å². The predicted octanol–water partition coefficient (Wildman–Crippen LogP) is 1.34. The number of carbonyl (C=O) groups is 1. The minimum Gasteiger partial charge on any atom is -0.352 e. The minimum absolute atomic E-state index is 0.0261. The highest BCUT2D eigenvalue weighted by molar-refractivity contribution is 5.75. The fourth-order valence-corrected chi connectivity index (χ4v) is 1.45. The molecular weight excluding hydrogens is 234 g/mol. The summed E-state index contributed by atoms with van der Waals surface area (Å²) in [4.78, 5) is 21.4. The zero-order valence-corrected chi connectivity index (χ0v) is 10.1. The van der Waals surface area contributed by atoms with Crippen LogP contribution in [0.1, 0.15) is 24.8 Å². The first-order valence-electron chi connectivity index (χ1n) is 5.83. The predicted molar refractivity (Wildman–Crippen MR) is 67.8 cm³/mol. The van der Waals surface area contributed by atoms with Gasteiger partial charge in [-0.25, -0.2) is 0 Å². The summed E-state index contributed by atoms with van der Waals surface area (Å²) in [6.07, 6.45) is 2.08. The molecule has 1 aromatic carbocycles. The third-order valence-electron chi connectivity index (χ3n) is 2.49. The van der Waals surface area contributed by atoms with E-state index in [9.17, 15) is 14.9 Å². The van der Waals surface area contributed by atoms with Gasteiger partial charge in [0.15, 0.2) is 0 Å². The number of nitrogens with one attached hydrogen (secondary N) is 1. The number of carbonyl (C=O) groups excluding carboxylic acids is 1. The van der Waals surface area contributed by atoms with Crippen LogP contribution in [0.3, 0.4) is 0 Å². The molecule has 6 heteroatoms. The second-order valence-electron chi connectivity index (χ2n) is 3.95. The molecule has 0 radical (unpaired) electrons.